The van der Waals surface area contributed by atoms with Gasteiger partial charge in [0.05, 0.1) is 0 Å². The van der Waals surface area contributed by atoms with E-state index in [1.165, 1.54) is 0 Å². The zero-order valence-corrected chi connectivity index (χ0v) is 14.5. The molecule has 0 fully saturated rings. The normalized spacial score (nSPS) is 10.5. The molecule has 1 aromatic heterocycles. The number of carbonyl (C=O) groups excluding carboxylic acids is 1. The van der Waals surface area contributed by atoms with E-state index in [2.05, 4.69) is 10.3 Å². The Morgan fingerprint density at radius 1 is 1.16 bits per heavy atom. The highest BCUT2D eigenvalue weighted by molar-refractivity contribution is 6.30. The number of ether oxygens (including phenoxy) is 1. The number of halogens is 1. The van der Waals surface area contributed by atoms with Gasteiger partial charge in [-0.25, -0.2) is 4.98 Å². The summed E-state index contributed by atoms with van der Waals surface area (Å²) in [4.78, 5) is 16.1. The highest BCUT2D eigenvalue weighted by atomic mass is 35.5. The number of benzene rings is 2. The molecule has 2 aromatic carbocycles. The summed E-state index contributed by atoms with van der Waals surface area (Å²) in [6.45, 7) is 2.37. The minimum atomic E-state index is -0.176. The van der Waals surface area contributed by atoms with Gasteiger partial charge in [0.15, 0.2) is 6.61 Å². The van der Waals surface area contributed by atoms with E-state index in [4.69, 9.17) is 16.3 Å². The average Bonchev–Trinajstić information content (AvgIpc) is 3.06. The van der Waals surface area contributed by atoms with Crippen molar-refractivity contribution in [3.8, 4) is 11.4 Å². The van der Waals surface area contributed by atoms with Crippen LogP contribution in [0, 0.1) is 6.92 Å². The minimum absolute atomic E-state index is 0.0338. The van der Waals surface area contributed by atoms with E-state index in [0.717, 1.165) is 17.1 Å². The maximum absolute atomic E-state index is 11.9. The van der Waals surface area contributed by atoms with Crippen molar-refractivity contribution in [3.05, 3.63) is 77.3 Å². The second-order valence-electron chi connectivity index (χ2n) is 5.53. The Morgan fingerprint density at radius 3 is 2.52 bits per heavy atom. The first-order valence-electron chi connectivity index (χ1n) is 7.86. The van der Waals surface area contributed by atoms with E-state index < -0.39 is 0 Å². The Kier molecular flexibility index (Phi) is 5.36. The molecule has 0 aliphatic rings. The van der Waals surface area contributed by atoms with Crippen molar-refractivity contribution >= 4 is 17.5 Å². The Hall–Kier alpha value is -2.79. The molecular formula is C19H18ClN3O2. The average molecular weight is 356 g/mol. The Bertz CT molecular complexity index is 842. The predicted octanol–water partition coefficient (Wildman–Crippen LogP) is 3.53. The van der Waals surface area contributed by atoms with Crippen LogP contribution in [0.5, 0.6) is 5.75 Å². The van der Waals surface area contributed by atoms with Crippen LogP contribution in [0.25, 0.3) is 5.69 Å². The smallest absolute Gasteiger partial charge is 0.258 e. The molecule has 0 saturated carbocycles. The van der Waals surface area contributed by atoms with Crippen LogP contribution >= 0.6 is 11.6 Å². The standard InChI is InChI=1S/C19H18ClN3O2/c1-14-21-10-11-23(14)17-6-2-15(3-7-17)12-22-19(24)13-25-18-8-4-16(20)5-9-18/h2-11H,12-13H2,1H3,(H,22,24). The number of hydrogen-bond acceptors (Lipinski definition) is 3. The van der Waals surface area contributed by atoms with E-state index in [9.17, 15) is 4.79 Å². The highest BCUT2D eigenvalue weighted by Gasteiger charge is 2.04. The summed E-state index contributed by atoms with van der Waals surface area (Å²) in [5.74, 6) is 1.37. The van der Waals surface area contributed by atoms with Crippen molar-refractivity contribution in [2.24, 2.45) is 0 Å². The quantitative estimate of drug-likeness (QED) is 0.736. The van der Waals surface area contributed by atoms with Gasteiger partial charge in [-0.1, -0.05) is 23.7 Å². The summed E-state index contributed by atoms with van der Waals surface area (Å²) in [5, 5.41) is 3.47. The van der Waals surface area contributed by atoms with E-state index >= 15 is 0 Å². The Balaban J connectivity index is 1.48. The van der Waals surface area contributed by atoms with Crippen LogP contribution < -0.4 is 10.1 Å². The van der Waals surface area contributed by atoms with Gasteiger partial charge in [-0.15, -0.1) is 0 Å². The fraction of sp³-hybridized carbons (Fsp3) is 0.158. The number of nitrogens with zero attached hydrogens (tertiary/aromatic N) is 2. The number of hydrogen-bond donors (Lipinski definition) is 1. The van der Waals surface area contributed by atoms with Crippen LogP contribution in [0.1, 0.15) is 11.4 Å². The summed E-state index contributed by atoms with van der Waals surface area (Å²) in [7, 11) is 0. The molecular weight excluding hydrogens is 338 g/mol. The summed E-state index contributed by atoms with van der Waals surface area (Å²) in [5.41, 5.74) is 2.05. The first kappa shape index (κ1) is 17.0. The Labute approximate surface area is 151 Å². The fourth-order valence-electron chi connectivity index (χ4n) is 2.36. The van der Waals surface area contributed by atoms with Gasteiger partial charge in [0.25, 0.3) is 5.91 Å². The zero-order chi connectivity index (χ0) is 17.6. The van der Waals surface area contributed by atoms with Gasteiger partial charge in [0, 0.05) is 29.6 Å². The molecule has 0 saturated heterocycles. The molecule has 1 N–H and O–H groups in total. The summed E-state index contributed by atoms with van der Waals surface area (Å²) in [6, 6.07) is 14.9. The van der Waals surface area contributed by atoms with E-state index in [1.807, 2.05) is 42.0 Å². The van der Waals surface area contributed by atoms with Crippen LogP contribution in [0.3, 0.4) is 0 Å². The zero-order valence-electron chi connectivity index (χ0n) is 13.8. The molecule has 0 radical (unpaired) electrons. The third-order valence-corrected chi connectivity index (χ3v) is 3.97. The number of carbonyl (C=O) groups is 1. The molecule has 5 nitrogen and oxygen atoms in total. The number of nitrogens with one attached hydrogen (secondary N) is 1. The largest absolute Gasteiger partial charge is 0.484 e. The Morgan fingerprint density at radius 2 is 1.88 bits per heavy atom. The van der Waals surface area contributed by atoms with Crippen molar-refractivity contribution < 1.29 is 9.53 Å². The molecule has 25 heavy (non-hydrogen) atoms. The lowest BCUT2D eigenvalue weighted by Crippen LogP contribution is -2.28. The van der Waals surface area contributed by atoms with E-state index in [-0.39, 0.29) is 12.5 Å². The summed E-state index contributed by atoms with van der Waals surface area (Å²) >= 11 is 5.80. The van der Waals surface area contributed by atoms with Crippen molar-refractivity contribution in [3.63, 3.8) is 0 Å². The third kappa shape index (κ3) is 4.61. The first-order valence-corrected chi connectivity index (χ1v) is 8.24. The van der Waals surface area contributed by atoms with Crippen molar-refractivity contribution in [1.82, 2.24) is 14.9 Å². The van der Waals surface area contributed by atoms with Crippen molar-refractivity contribution in [2.45, 2.75) is 13.5 Å². The molecule has 0 spiro atoms. The molecule has 0 unspecified atom stereocenters. The van der Waals surface area contributed by atoms with Crippen molar-refractivity contribution in [1.29, 1.82) is 0 Å². The number of aryl methyl sites for hydroxylation is 1. The second-order valence-corrected chi connectivity index (χ2v) is 5.97. The van der Waals surface area contributed by atoms with Crippen LogP contribution in [0.15, 0.2) is 60.9 Å². The number of rotatable bonds is 6. The fourth-order valence-corrected chi connectivity index (χ4v) is 2.48. The van der Waals surface area contributed by atoms with Gasteiger partial charge in [-0.05, 0) is 48.9 Å². The molecule has 0 aliphatic heterocycles. The number of imidazole rings is 1. The molecule has 0 bridgehead atoms. The first-order chi connectivity index (χ1) is 12.1. The molecule has 6 heteroatoms. The van der Waals surface area contributed by atoms with Gasteiger partial charge in [0.1, 0.15) is 11.6 Å². The van der Waals surface area contributed by atoms with E-state index in [0.29, 0.717) is 17.3 Å². The third-order valence-electron chi connectivity index (χ3n) is 3.71. The number of amides is 1. The maximum Gasteiger partial charge on any atom is 0.258 e. The van der Waals surface area contributed by atoms with Gasteiger partial charge in [0.2, 0.25) is 0 Å². The van der Waals surface area contributed by atoms with Gasteiger partial charge in [-0.2, -0.15) is 0 Å². The minimum Gasteiger partial charge on any atom is -0.484 e. The molecule has 1 amide bonds. The molecule has 1 heterocycles. The second kappa shape index (κ2) is 7.85. The summed E-state index contributed by atoms with van der Waals surface area (Å²) < 4.78 is 7.41. The number of aromatic nitrogens is 2. The molecule has 3 aromatic rings. The van der Waals surface area contributed by atoms with Crippen LogP contribution in [-0.4, -0.2) is 22.1 Å². The van der Waals surface area contributed by atoms with Crippen LogP contribution in [0.4, 0.5) is 0 Å². The SMILES string of the molecule is Cc1nccn1-c1ccc(CNC(=O)COc2ccc(Cl)cc2)cc1. The summed E-state index contributed by atoms with van der Waals surface area (Å²) in [6.07, 6.45) is 3.68. The van der Waals surface area contributed by atoms with E-state index in [1.54, 1.807) is 30.5 Å². The molecule has 0 atom stereocenters. The topological polar surface area (TPSA) is 56.2 Å². The monoisotopic (exact) mass is 355 g/mol. The maximum atomic E-state index is 11.9. The van der Waals surface area contributed by atoms with Crippen molar-refractivity contribution in [2.75, 3.05) is 6.61 Å². The van der Waals surface area contributed by atoms with Crippen LogP contribution in [0.2, 0.25) is 5.02 Å². The van der Waals surface area contributed by atoms with Gasteiger partial charge in [-0.3, -0.25) is 4.79 Å². The van der Waals surface area contributed by atoms with Gasteiger partial charge >= 0.3 is 0 Å². The lowest BCUT2D eigenvalue weighted by atomic mass is 10.2. The van der Waals surface area contributed by atoms with Gasteiger partial charge < -0.3 is 14.6 Å². The predicted molar refractivity (Wildman–Crippen MR) is 97.1 cm³/mol. The lowest BCUT2D eigenvalue weighted by molar-refractivity contribution is -0.123. The van der Waals surface area contributed by atoms with Crippen LogP contribution in [-0.2, 0) is 11.3 Å². The highest BCUT2D eigenvalue weighted by Crippen LogP contribution is 2.15. The molecule has 128 valence electrons. The lowest BCUT2D eigenvalue weighted by Gasteiger charge is -2.09. The molecule has 0 aliphatic carbocycles. The molecule has 3 rings (SSSR count).